The molecule has 1 aliphatic heterocycles. The van der Waals surface area contributed by atoms with E-state index < -0.39 is 17.9 Å². The Balaban J connectivity index is 1.73. The summed E-state index contributed by atoms with van der Waals surface area (Å²) in [6.45, 7) is 2.29. The number of halogens is 2. The molecule has 2 aromatic rings. The van der Waals surface area contributed by atoms with E-state index in [4.69, 9.17) is 10.5 Å². The van der Waals surface area contributed by atoms with Crippen LogP contribution in [0, 0.1) is 0 Å². The van der Waals surface area contributed by atoms with Gasteiger partial charge in [0.05, 0.1) is 37.3 Å². The number of amides is 1. The Hall–Kier alpha value is -2.78. The van der Waals surface area contributed by atoms with E-state index in [9.17, 15) is 13.6 Å². The van der Waals surface area contributed by atoms with Crippen LogP contribution >= 0.6 is 0 Å². The Morgan fingerprint density at radius 3 is 2.93 bits per heavy atom. The largest absolute Gasteiger partial charge is 0.491 e. The van der Waals surface area contributed by atoms with Crippen molar-refractivity contribution >= 4 is 11.9 Å². The molecule has 1 atom stereocenters. The summed E-state index contributed by atoms with van der Waals surface area (Å²) in [6.07, 6.45) is 4.23. The minimum atomic E-state index is -2.91. The van der Waals surface area contributed by atoms with Crippen LogP contribution in [-0.4, -0.2) is 49.1 Å². The molecule has 1 amide bonds. The second-order valence-corrected chi connectivity index (χ2v) is 6.74. The minimum Gasteiger partial charge on any atom is -0.491 e. The maximum atomic E-state index is 14.4. The Morgan fingerprint density at radius 2 is 2.19 bits per heavy atom. The van der Waals surface area contributed by atoms with Crippen LogP contribution < -0.4 is 10.5 Å². The van der Waals surface area contributed by atoms with Crippen LogP contribution in [0.2, 0.25) is 0 Å². The summed E-state index contributed by atoms with van der Waals surface area (Å²) in [5.74, 6) is -2.79. The van der Waals surface area contributed by atoms with Gasteiger partial charge in [-0.25, -0.2) is 18.4 Å². The standard InChI is InChI=1S/C17H20F2N6O2/c1-2-27-10-7-21-25(8-10)14-13-11(22-16(20)23-14)9-24(15(13)26)12-5-3-4-6-17(12,18)19/h7-8,12H,2-6,9H2,1H3,(H2,20,22,23). The van der Waals surface area contributed by atoms with Gasteiger partial charge >= 0.3 is 0 Å². The molecule has 3 heterocycles. The molecule has 2 N–H and O–H groups in total. The van der Waals surface area contributed by atoms with Gasteiger partial charge in [-0.2, -0.15) is 10.1 Å². The number of carbonyl (C=O) groups excluding carboxylic acids is 1. The molecular weight excluding hydrogens is 358 g/mol. The van der Waals surface area contributed by atoms with Gasteiger partial charge in [0.25, 0.3) is 11.8 Å². The Morgan fingerprint density at radius 1 is 1.37 bits per heavy atom. The highest BCUT2D eigenvalue weighted by molar-refractivity contribution is 6.01. The van der Waals surface area contributed by atoms with Gasteiger partial charge < -0.3 is 15.4 Å². The number of nitrogens with zero attached hydrogens (tertiary/aromatic N) is 5. The lowest BCUT2D eigenvalue weighted by molar-refractivity contribution is -0.0969. The van der Waals surface area contributed by atoms with Crippen LogP contribution in [0.3, 0.4) is 0 Å². The molecule has 1 fully saturated rings. The third-order valence-corrected chi connectivity index (χ3v) is 4.97. The molecule has 1 unspecified atom stereocenters. The van der Waals surface area contributed by atoms with E-state index in [1.54, 1.807) is 6.20 Å². The summed E-state index contributed by atoms with van der Waals surface area (Å²) in [6, 6.07) is -1.14. The lowest BCUT2D eigenvalue weighted by Crippen LogP contribution is -2.49. The normalized spacial score (nSPS) is 21.4. The van der Waals surface area contributed by atoms with Gasteiger partial charge in [-0.3, -0.25) is 4.79 Å². The number of hydrogen-bond acceptors (Lipinski definition) is 6. The summed E-state index contributed by atoms with van der Waals surface area (Å²) in [5.41, 5.74) is 6.29. The van der Waals surface area contributed by atoms with Gasteiger partial charge in [-0.05, 0) is 19.8 Å². The Kier molecular flexibility index (Phi) is 4.20. The smallest absolute Gasteiger partial charge is 0.268 e. The quantitative estimate of drug-likeness (QED) is 0.875. The highest BCUT2D eigenvalue weighted by Crippen LogP contribution is 2.40. The average molecular weight is 378 g/mol. The fraction of sp³-hybridized carbons (Fsp3) is 0.529. The Labute approximate surface area is 154 Å². The van der Waals surface area contributed by atoms with Crippen molar-refractivity contribution in [2.24, 2.45) is 0 Å². The zero-order valence-electron chi connectivity index (χ0n) is 14.9. The number of nitrogen functional groups attached to an aromatic ring is 1. The molecule has 2 aromatic heterocycles. The van der Waals surface area contributed by atoms with Crippen molar-refractivity contribution in [3.63, 3.8) is 0 Å². The van der Waals surface area contributed by atoms with Crippen molar-refractivity contribution in [2.45, 2.75) is 51.1 Å². The van der Waals surface area contributed by atoms with Crippen molar-refractivity contribution in [2.75, 3.05) is 12.3 Å². The van der Waals surface area contributed by atoms with E-state index in [-0.39, 0.29) is 36.7 Å². The number of aromatic nitrogens is 4. The topological polar surface area (TPSA) is 99.2 Å². The summed E-state index contributed by atoms with van der Waals surface area (Å²) < 4.78 is 35.6. The maximum absolute atomic E-state index is 14.4. The molecule has 10 heteroatoms. The molecular formula is C17H20F2N6O2. The van der Waals surface area contributed by atoms with Crippen LogP contribution in [0.1, 0.15) is 48.7 Å². The van der Waals surface area contributed by atoms with Crippen molar-refractivity contribution in [1.29, 1.82) is 0 Å². The molecule has 0 bridgehead atoms. The first-order valence-corrected chi connectivity index (χ1v) is 8.93. The van der Waals surface area contributed by atoms with Crippen molar-refractivity contribution < 1.29 is 18.3 Å². The second kappa shape index (κ2) is 6.43. The number of fused-ring (bicyclic) bond motifs is 1. The first-order valence-electron chi connectivity index (χ1n) is 8.93. The molecule has 27 heavy (non-hydrogen) atoms. The van der Waals surface area contributed by atoms with E-state index in [2.05, 4.69) is 15.1 Å². The number of rotatable bonds is 4. The third-order valence-electron chi connectivity index (χ3n) is 4.97. The zero-order chi connectivity index (χ0) is 19.2. The molecule has 8 nitrogen and oxygen atoms in total. The van der Waals surface area contributed by atoms with Crippen LogP contribution in [0.15, 0.2) is 12.4 Å². The number of anilines is 1. The molecule has 4 rings (SSSR count). The van der Waals surface area contributed by atoms with Gasteiger partial charge in [0, 0.05) is 6.42 Å². The monoisotopic (exact) mass is 378 g/mol. The fourth-order valence-electron chi connectivity index (χ4n) is 3.76. The summed E-state index contributed by atoms with van der Waals surface area (Å²) >= 11 is 0. The van der Waals surface area contributed by atoms with Gasteiger partial charge in [-0.1, -0.05) is 6.42 Å². The van der Waals surface area contributed by atoms with Crippen molar-refractivity contribution in [3.8, 4) is 11.6 Å². The molecule has 1 saturated carbocycles. The van der Waals surface area contributed by atoms with Crippen LogP contribution in [0.5, 0.6) is 5.75 Å². The van der Waals surface area contributed by atoms with Gasteiger partial charge in [0.2, 0.25) is 5.95 Å². The molecule has 1 aliphatic carbocycles. The van der Waals surface area contributed by atoms with E-state index in [1.165, 1.54) is 15.8 Å². The molecule has 0 radical (unpaired) electrons. The maximum Gasteiger partial charge on any atom is 0.268 e. The lowest BCUT2D eigenvalue weighted by atomic mass is 9.90. The van der Waals surface area contributed by atoms with E-state index in [1.807, 2.05) is 6.92 Å². The number of carbonyl (C=O) groups is 1. The van der Waals surface area contributed by atoms with Crippen molar-refractivity contribution in [3.05, 3.63) is 23.7 Å². The van der Waals surface area contributed by atoms with Crippen molar-refractivity contribution in [1.82, 2.24) is 24.6 Å². The summed E-state index contributed by atoms with van der Waals surface area (Å²) in [5, 5.41) is 4.15. The van der Waals surface area contributed by atoms with E-state index >= 15 is 0 Å². The molecule has 0 saturated heterocycles. The molecule has 0 spiro atoms. The highest BCUT2D eigenvalue weighted by Gasteiger charge is 2.49. The summed E-state index contributed by atoms with van der Waals surface area (Å²) in [4.78, 5) is 22.5. The number of hydrogen-bond donors (Lipinski definition) is 1. The van der Waals surface area contributed by atoms with Gasteiger partial charge in [-0.15, -0.1) is 0 Å². The first-order chi connectivity index (χ1) is 12.9. The van der Waals surface area contributed by atoms with Crippen LogP contribution in [0.4, 0.5) is 14.7 Å². The van der Waals surface area contributed by atoms with Crippen LogP contribution in [-0.2, 0) is 6.54 Å². The van der Waals surface area contributed by atoms with Gasteiger partial charge in [0.1, 0.15) is 5.56 Å². The SMILES string of the molecule is CCOc1cnn(-c2nc(N)nc3c2C(=O)N(C2CCCCC2(F)F)C3)c1. The zero-order valence-corrected chi connectivity index (χ0v) is 14.9. The molecule has 144 valence electrons. The molecule has 0 aromatic carbocycles. The molecule has 2 aliphatic rings. The fourth-order valence-corrected chi connectivity index (χ4v) is 3.76. The van der Waals surface area contributed by atoms with E-state index in [0.29, 0.717) is 30.9 Å². The number of ether oxygens (including phenoxy) is 1. The number of nitrogens with two attached hydrogens (primary N) is 1. The Bertz CT molecular complexity index is 884. The lowest BCUT2D eigenvalue weighted by Gasteiger charge is -2.37. The first kappa shape index (κ1) is 17.6. The summed E-state index contributed by atoms with van der Waals surface area (Å²) in [7, 11) is 0. The minimum absolute atomic E-state index is 0.00622. The van der Waals surface area contributed by atoms with Crippen LogP contribution in [0.25, 0.3) is 5.82 Å². The van der Waals surface area contributed by atoms with E-state index in [0.717, 1.165) is 0 Å². The predicted molar refractivity (Wildman–Crippen MR) is 91.8 cm³/mol. The van der Waals surface area contributed by atoms with Gasteiger partial charge in [0.15, 0.2) is 11.6 Å². The third kappa shape index (κ3) is 2.98. The second-order valence-electron chi connectivity index (χ2n) is 6.74. The highest BCUT2D eigenvalue weighted by atomic mass is 19.3. The average Bonchev–Trinajstić information content (AvgIpc) is 3.19. The predicted octanol–water partition coefficient (Wildman–Crippen LogP) is 2.18. The number of alkyl halides is 2.